The predicted octanol–water partition coefficient (Wildman–Crippen LogP) is 1.01. The molecule has 0 bridgehead atoms. The van der Waals surface area contributed by atoms with E-state index in [1.54, 1.807) is 0 Å². The van der Waals surface area contributed by atoms with Gasteiger partial charge in [0.25, 0.3) is 0 Å². The van der Waals surface area contributed by atoms with Crippen LogP contribution >= 0.6 is 0 Å². The average molecular weight is 123 g/mol. The van der Waals surface area contributed by atoms with Crippen molar-refractivity contribution in [1.82, 2.24) is 5.32 Å². The molecule has 1 rings (SSSR count). The Morgan fingerprint density at radius 3 is 2.78 bits per heavy atom. The van der Waals surface area contributed by atoms with Gasteiger partial charge in [-0.15, -0.1) is 5.92 Å². The molecule has 2 unspecified atom stereocenters. The maximum absolute atomic E-state index is 3.33. The van der Waals surface area contributed by atoms with Crippen molar-refractivity contribution in [1.29, 1.82) is 0 Å². The van der Waals surface area contributed by atoms with Gasteiger partial charge in [-0.2, -0.15) is 0 Å². The van der Waals surface area contributed by atoms with Gasteiger partial charge in [0, 0.05) is 0 Å². The van der Waals surface area contributed by atoms with Gasteiger partial charge in [-0.3, -0.25) is 0 Å². The first-order valence-electron chi connectivity index (χ1n) is 3.48. The largest absolute Gasteiger partial charge is 0.303 e. The van der Waals surface area contributed by atoms with Gasteiger partial charge in [0.05, 0.1) is 6.04 Å². The second-order valence-corrected chi connectivity index (χ2v) is 2.70. The lowest BCUT2D eigenvalue weighted by atomic mass is 10.1. The molecular formula is C8H13N. The molecule has 0 saturated carbocycles. The van der Waals surface area contributed by atoms with Crippen LogP contribution < -0.4 is 5.32 Å². The first-order valence-corrected chi connectivity index (χ1v) is 3.48. The molecule has 0 aliphatic carbocycles. The summed E-state index contributed by atoms with van der Waals surface area (Å²) in [5, 5.41) is 3.33. The Balaban J connectivity index is 2.36. The maximum Gasteiger partial charge on any atom is 0.0692 e. The maximum atomic E-state index is 3.33. The van der Waals surface area contributed by atoms with Gasteiger partial charge >= 0.3 is 0 Å². The van der Waals surface area contributed by atoms with E-state index in [1.807, 2.05) is 6.92 Å². The second kappa shape index (κ2) is 2.89. The average Bonchev–Trinajstić information content (AvgIpc) is 2.17. The zero-order valence-electron chi connectivity index (χ0n) is 6.07. The van der Waals surface area contributed by atoms with Crippen molar-refractivity contribution < 1.29 is 0 Å². The van der Waals surface area contributed by atoms with E-state index in [-0.39, 0.29) is 0 Å². The molecule has 0 amide bonds. The summed E-state index contributed by atoms with van der Waals surface area (Å²) < 4.78 is 0. The Morgan fingerprint density at radius 1 is 1.56 bits per heavy atom. The van der Waals surface area contributed by atoms with Gasteiger partial charge in [0.15, 0.2) is 0 Å². The predicted molar refractivity (Wildman–Crippen MR) is 39.0 cm³/mol. The Labute approximate surface area is 56.8 Å². The molecule has 9 heavy (non-hydrogen) atoms. The van der Waals surface area contributed by atoms with Crippen LogP contribution in [0.5, 0.6) is 0 Å². The molecule has 50 valence electrons. The van der Waals surface area contributed by atoms with Gasteiger partial charge in [0.1, 0.15) is 0 Å². The molecule has 0 radical (unpaired) electrons. The lowest BCUT2D eigenvalue weighted by Gasteiger charge is -1.96. The van der Waals surface area contributed by atoms with Crippen LogP contribution in [0.25, 0.3) is 0 Å². The molecule has 0 aromatic rings. The molecule has 0 spiro atoms. The Hall–Kier alpha value is -0.480. The third-order valence-corrected chi connectivity index (χ3v) is 1.67. The van der Waals surface area contributed by atoms with Crippen molar-refractivity contribution in [2.24, 2.45) is 5.92 Å². The van der Waals surface area contributed by atoms with E-state index < -0.39 is 0 Å². The van der Waals surface area contributed by atoms with E-state index in [4.69, 9.17) is 0 Å². The smallest absolute Gasteiger partial charge is 0.0692 e. The van der Waals surface area contributed by atoms with E-state index in [2.05, 4.69) is 24.1 Å². The summed E-state index contributed by atoms with van der Waals surface area (Å²) in [5.74, 6) is 6.85. The van der Waals surface area contributed by atoms with Crippen LogP contribution in [0.2, 0.25) is 0 Å². The number of hydrogen-bond acceptors (Lipinski definition) is 1. The van der Waals surface area contributed by atoms with Crippen molar-refractivity contribution in [2.45, 2.75) is 26.3 Å². The Morgan fingerprint density at radius 2 is 2.33 bits per heavy atom. The fraction of sp³-hybridized carbons (Fsp3) is 0.750. The fourth-order valence-electron chi connectivity index (χ4n) is 1.20. The molecule has 0 aromatic heterocycles. The normalized spacial score (nSPS) is 33.6. The summed E-state index contributed by atoms with van der Waals surface area (Å²) in [6.45, 7) is 5.29. The lowest BCUT2D eigenvalue weighted by molar-refractivity contribution is 0.644. The van der Waals surface area contributed by atoms with Gasteiger partial charge in [0.2, 0.25) is 0 Å². The van der Waals surface area contributed by atoms with E-state index in [9.17, 15) is 0 Å². The standard InChI is InChI=1S/C8H13N/c1-3-4-8-5-7(2)6-9-8/h7-9H,5-6H2,1-2H3. The Kier molecular flexibility index (Phi) is 2.13. The molecule has 0 aromatic carbocycles. The minimum atomic E-state index is 0.477. The molecule has 1 heterocycles. The second-order valence-electron chi connectivity index (χ2n) is 2.70. The van der Waals surface area contributed by atoms with E-state index in [1.165, 1.54) is 6.42 Å². The summed E-state index contributed by atoms with van der Waals surface area (Å²) in [4.78, 5) is 0. The van der Waals surface area contributed by atoms with E-state index >= 15 is 0 Å². The first-order chi connectivity index (χ1) is 4.33. The van der Waals surface area contributed by atoms with Crippen molar-refractivity contribution in [3.63, 3.8) is 0 Å². The van der Waals surface area contributed by atoms with E-state index in [0.717, 1.165) is 12.5 Å². The van der Waals surface area contributed by atoms with Crippen LogP contribution in [0.4, 0.5) is 0 Å². The highest BCUT2D eigenvalue weighted by molar-refractivity contribution is 5.08. The van der Waals surface area contributed by atoms with Gasteiger partial charge in [-0.25, -0.2) is 0 Å². The monoisotopic (exact) mass is 123 g/mol. The molecule has 1 aliphatic heterocycles. The summed E-state index contributed by atoms with van der Waals surface area (Å²) in [5.41, 5.74) is 0. The van der Waals surface area contributed by atoms with Gasteiger partial charge in [-0.05, 0) is 25.8 Å². The minimum Gasteiger partial charge on any atom is -0.303 e. The fourth-order valence-corrected chi connectivity index (χ4v) is 1.20. The van der Waals surface area contributed by atoms with Crippen LogP contribution in [0.3, 0.4) is 0 Å². The van der Waals surface area contributed by atoms with Crippen LogP contribution in [0.1, 0.15) is 20.3 Å². The highest BCUT2D eigenvalue weighted by atomic mass is 14.9. The van der Waals surface area contributed by atoms with E-state index in [0.29, 0.717) is 6.04 Å². The number of hydrogen-bond donors (Lipinski definition) is 1. The highest BCUT2D eigenvalue weighted by Gasteiger charge is 2.17. The Bertz CT molecular complexity index is 140. The molecular weight excluding hydrogens is 110 g/mol. The molecule has 1 heteroatoms. The number of nitrogens with one attached hydrogen (secondary N) is 1. The third-order valence-electron chi connectivity index (χ3n) is 1.67. The lowest BCUT2D eigenvalue weighted by Crippen LogP contribution is -2.18. The summed E-state index contributed by atoms with van der Waals surface area (Å²) in [6.07, 6.45) is 1.22. The van der Waals surface area contributed by atoms with Gasteiger partial charge < -0.3 is 5.32 Å². The molecule has 2 atom stereocenters. The first kappa shape index (κ1) is 6.64. The van der Waals surface area contributed by atoms with Crippen molar-refractivity contribution in [3.8, 4) is 11.8 Å². The molecule has 1 N–H and O–H groups in total. The van der Waals surface area contributed by atoms with Crippen LogP contribution in [-0.2, 0) is 0 Å². The van der Waals surface area contributed by atoms with Crippen LogP contribution in [-0.4, -0.2) is 12.6 Å². The minimum absolute atomic E-state index is 0.477. The van der Waals surface area contributed by atoms with Crippen molar-refractivity contribution in [2.75, 3.05) is 6.54 Å². The molecule has 1 fully saturated rings. The summed E-state index contributed by atoms with van der Waals surface area (Å²) in [7, 11) is 0. The third kappa shape index (κ3) is 1.73. The van der Waals surface area contributed by atoms with Crippen molar-refractivity contribution >= 4 is 0 Å². The number of rotatable bonds is 0. The zero-order chi connectivity index (χ0) is 6.69. The molecule has 1 nitrogen and oxygen atoms in total. The molecule has 1 saturated heterocycles. The summed E-state index contributed by atoms with van der Waals surface area (Å²) >= 11 is 0. The quantitative estimate of drug-likeness (QED) is 0.474. The van der Waals surface area contributed by atoms with Crippen LogP contribution in [0.15, 0.2) is 0 Å². The topological polar surface area (TPSA) is 12.0 Å². The SMILES string of the molecule is CC#CC1CC(C)CN1. The van der Waals surface area contributed by atoms with Crippen molar-refractivity contribution in [3.05, 3.63) is 0 Å². The molecule has 1 aliphatic rings. The van der Waals surface area contributed by atoms with Gasteiger partial charge in [-0.1, -0.05) is 12.8 Å². The summed E-state index contributed by atoms with van der Waals surface area (Å²) in [6, 6.07) is 0.477. The van der Waals surface area contributed by atoms with Crippen LogP contribution in [0, 0.1) is 17.8 Å². The zero-order valence-corrected chi connectivity index (χ0v) is 6.07. The highest BCUT2D eigenvalue weighted by Crippen LogP contribution is 2.11.